The van der Waals surface area contributed by atoms with Gasteiger partial charge in [-0.05, 0) is 91.6 Å². The number of rotatable bonds is 8. The van der Waals surface area contributed by atoms with Gasteiger partial charge < -0.3 is 28.6 Å². The number of carbonyl (C=O) groups is 3. The third kappa shape index (κ3) is 8.37. The van der Waals surface area contributed by atoms with Crippen molar-refractivity contribution in [2.24, 2.45) is 17.8 Å². The second-order valence-corrected chi connectivity index (χ2v) is 17.9. The molecule has 12 nitrogen and oxygen atoms in total. The number of alkyl halides is 1. The molecule has 13 heteroatoms. The molecule has 0 spiro atoms. The number of carbonyl (C=O) groups excluding carboxylic acids is 3. The van der Waals surface area contributed by atoms with Gasteiger partial charge in [0, 0.05) is 42.0 Å². The minimum atomic E-state index is -3.06. The Labute approximate surface area is 337 Å². The van der Waals surface area contributed by atoms with Crippen molar-refractivity contribution in [1.82, 2.24) is 19.7 Å². The van der Waals surface area contributed by atoms with Crippen molar-refractivity contribution in [3.63, 3.8) is 0 Å². The molecule has 0 N–H and O–H groups in total. The number of Topliss-reactive ketones (excluding diaryl/α,β-unsaturated/α-hetero) is 1. The SMILES string of the molecule is CC[C@H]1OC(=O)C(C)(F)C(=O)[C@H](C)C(O[C@@H]2OC(C)CC(N(C)C)C2C)[C@](C)(OC/C=C/c2cnc3ccccc3c2)C[C@@H](C)CN2CN3C(=O)O[C@@]1(C)[C@H]3[C@H]2C. The third-order valence-electron chi connectivity index (χ3n) is 13.1. The number of ether oxygens (including phenoxy) is 5. The fourth-order valence-corrected chi connectivity index (χ4v) is 10.1. The predicted molar refractivity (Wildman–Crippen MR) is 215 cm³/mol. The Morgan fingerprint density at radius 3 is 2.49 bits per heavy atom. The minimum absolute atomic E-state index is 0.0540. The first kappa shape index (κ1) is 43.1. The maximum absolute atomic E-state index is 17.1. The molecular formula is C44H63FN4O8. The lowest BCUT2D eigenvalue weighted by Gasteiger charge is -2.48. The summed E-state index contributed by atoms with van der Waals surface area (Å²) in [5.41, 5.74) is -3.73. The molecule has 0 aliphatic carbocycles. The number of hydrogen-bond acceptors (Lipinski definition) is 11. The number of esters is 1. The van der Waals surface area contributed by atoms with Gasteiger partial charge in [-0.2, -0.15) is 0 Å². The van der Waals surface area contributed by atoms with E-state index in [4.69, 9.17) is 23.7 Å². The molecule has 4 saturated heterocycles. The lowest BCUT2D eigenvalue weighted by atomic mass is 9.77. The van der Waals surface area contributed by atoms with Crippen LogP contribution in [0, 0.1) is 17.8 Å². The van der Waals surface area contributed by atoms with Crippen LogP contribution in [0.4, 0.5) is 9.18 Å². The molecule has 314 valence electrons. The van der Waals surface area contributed by atoms with E-state index in [2.05, 4.69) is 34.7 Å². The number of fused-ring (bicyclic) bond motifs is 2. The van der Waals surface area contributed by atoms with E-state index in [1.807, 2.05) is 71.3 Å². The number of para-hydroxylation sites is 1. The summed E-state index contributed by atoms with van der Waals surface area (Å²) in [5.74, 6) is -3.67. The monoisotopic (exact) mass is 794 g/mol. The Bertz CT molecular complexity index is 1820. The van der Waals surface area contributed by atoms with Crippen molar-refractivity contribution in [2.75, 3.05) is 33.9 Å². The summed E-state index contributed by atoms with van der Waals surface area (Å²) >= 11 is 0. The van der Waals surface area contributed by atoms with Gasteiger partial charge in [-0.3, -0.25) is 19.6 Å². The number of ketones is 1. The molecule has 1 aromatic heterocycles. The van der Waals surface area contributed by atoms with Crippen molar-refractivity contribution >= 4 is 34.8 Å². The van der Waals surface area contributed by atoms with E-state index in [1.54, 1.807) is 31.9 Å². The molecule has 6 unspecified atom stereocenters. The zero-order chi connectivity index (χ0) is 41.6. The highest BCUT2D eigenvalue weighted by atomic mass is 19.1. The van der Waals surface area contributed by atoms with Gasteiger partial charge in [0.1, 0.15) is 6.10 Å². The summed E-state index contributed by atoms with van der Waals surface area (Å²) in [4.78, 5) is 52.5. The standard InChI is InChI=1S/C44H63FN4O8/c1-12-35-44(9)36-30(6)48(25-49(36)41(52)57-44)24-26(2)22-42(7,53-19-15-16-31-21-32-17-13-14-18-33(32)46-23-31)38(29(5)37(50)43(8,45)40(51)55-35)56-39-28(4)34(47(10)11)20-27(3)54-39/h13-18,21,23,26-30,34-36,38-39H,12,19-20,22,24-25H2,1-11H3/b16-15+/t26-,27?,28?,29+,30-,34?,35-,36-,38?,39+,42-,43?,44-/m1/s1. The van der Waals surface area contributed by atoms with Crippen molar-refractivity contribution in [3.8, 4) is 0 Å². The maximum atomic E-state index is 17.1. The third-order valence-corrected chi connectivity index (χ3v) is 13.1. The minimum Gasteiger partial charge on any atom is -0.455 e. The number of benzene rings is 1. The number of pyridine rings is 1. The van der Waals surface area contributed by atoms with Gasteiger partial charge in [0.25, 0.3) is 5.67 Å². The van der Waals surface area contributed by atoms with Crippen LogP contribution in [-0.2, 0) is 33.3 Å². The lowest BCUT2D eigenvalue weighted by Crippen LogP contribution is -2.59. The first-order valence-electron chi connectivity index (χ1n) is 20.6. The first-order valence-corrected chi connectivity index (χ1v) is 20.6. The normalized spacial score (nSPS) is 40.7. The van der Waals surface area contributed by atoms with Crippen molar-refractivity contribution in [1.29, 1.82) is 0 Å². The maximum Gasteiger partial charge on any atom is 0.412 e. The van der Waals surface area contributed by atoms with Gasteiger partial charge in [-0.25, -0.2) is 14.0 Å². The summed E-state index contributed by atoms with van der Waals surface area (Å²) in [6.45, 7) is 17.2. The largest absolute Gasteiger partial charge is 0.455 e. The van der Waals surface area contributed by atoms with Crippen LogP contribution in [0.25, 0.3) is 17.0 Å². The molecule has 4 aliphatic heterocycles. The second kappa shape index (κ2) is 16.6. The Hall–Kier alpha value is -3.49. The molecule has 6 rings (SSSR count). The van der Waals surface area contributed by atoms with E-state index >= 15 is 4.39 Å². The molecular weight excluding hydrogens is 732 g/mol. The highest BCUT2D eigenvalue weighted by molar-refractivity contribution is 6.07. The Balaban J connectivity index is 1.40. The van der Waals surface area contributed by atoms with Crippen LogP contribution in [0.2, 0.25) is 0 Å². The van der Waals surface area contributed by atoms with Crippen molar-refractivity contribution in [2.45, 2.75) is 141 Å². The molecule has 0 radical (unpaired) electrons. The zero-order valence-corrected chi connectivity index (χ0v) is 35.6. The molecule has 4 aliphatic rings. The number of halogens is 1. The highest BCUT2D eigenvalue weighted by Crippen LogP contribution is 2.44. The molecule has 2 aromatic rings. The van der Waals surface area contributed by atoms with Crippen LogP contribution in [0.1, 0.15) is 87.1 Å². The predicted octanol–water partition coefficient (Wildman–Crippen LogP) is 6.65. The van der Waals surface area contributed by atoms with Gasteiger partial charge in [-0.1, -0.05) is 58.0 Å². The molecule has 5 heterocycles. The Kier molecular flexibility index (Phi) is 12.6. The Morgan fingerprint density at radius 2 is 1.79 bits per heavy atom. The van der Waals surface area contributed by atoms with Crippen LogP contribution in [0.3, 0.4) is 0 Å². The molecule has 1 amide bonds. The van der Waals surface area contributed by atoms with Gasteiger partial charge >= 0.3 is 12.1 Å². The van der Waals surface area contributed by atoms with Crippen LogP contribution >= 0.6 is 0 Å². The number of nitrogens with zero attached hydrogens (tertiary/aromatic N) is 4. The summed E-state index contributed by atoms with van der Waals surface area (Å²) in [6.07, 6.45) is 3.59. The van der Waals surface area contributed by atoms with Crippen LogP contribution < -0.4 is 0 Å². The quantitative estimate of drug-likeness (QED) is 0.211. The fraction of sp³-hybridized carbons (Fsp3) is 0.682. The van der Waals surface area contributed by atoms with E-state index in [-0.39, 0.29) is 43.1 Å². The van der Waals surface area contributed by atoms with Gasteiger partial charge in [0.15, 0.2) is 17.7 Å². The van der Waals surface area contributed by atoms with Gasteiger partial charge in [0.2, 0.25) is 0 Å². The average Bonchev–Trinajstić information content (AvgIpc) is 3.62. The summed E-state index contributed by atoms with van der Waals surface area (Å²) < 4.78 is 49.2. The summed E-state index contributed by atoms with van der Waals surface area (Å²) in [5, 5.41) is 1.01. The van der Waals surface area contributed by atoms with Crippen molar-refractivity contribution < 1.29 is 42.5 Å². The smallest absolute Gasteiger partial charge is 0.412 e. The summed E-state index contributed by atoms with van der Waals surface area (Å²) in [6, 6.07) is 9.42. The van der Waals surface area contributed by atoms with E-state index in [0.29, 0.717) is 19.6 Å². The first-order chi connectivity index (χ1) is 26.8. The fourth-order valence-electron chi connectivity index (χ4n) is 10.1. The van der Waals surface area contributed by atoms with Gasteiger partial charge in [0.05, 0.1) is 42.6 Å². The summed E-state index contributed by atoms with van der Waals surface area (Å²) in [7, 11) is 4.04. The van der Waals surface area contributed by atoms with Crippen molar-refractivity contribution in [3.05, 3.63) is 48.2 Å². The van der Waals surface area contributed by atoms with E-state index in [9.17, 15) is 14.4 Å². The van der Waals surface area contributed by atoms with E-state index in [0.717, 1.165) is 29.8 Å². The lowest BCUT2D eigenvalue weighted by molar-refractivity contribution is -0.283. The number of amides is 1. The van der Waals surface area contributed by atoms with Gasteiger partial charge in [-0.15, -0.1) is 0 Å². The van der Waals surface area contributed by atoms with Crippen LogP contribution in [0.5, 0.6) is 0 Å². The molecule has 14 atom stereocenters. The number of cyclic esters (lactones) is 1. The van der Waals surface area contributed by atoms with E-state index in [1.165, 1.54) is 0 Å². The molecule has 57 heavy (non-hydrogen) atoms. The number of aromatic nitrogens is 1. The average molecular weight is 795 g/mol. The number of hydrogen-bond donors (Lipinski definition) is 0. The molecule has 1 aromatic carbocycles. The molecule has 2 bridgehead atoms. The highest BCUT2D eigenvalue weighted by Gasteiger charge is 2.63. The van der Waals surface area contributed by atoms with Crippen LogP contribution in [0.15, 0.2) is 42.6 Å². The Morgan fingerprint density at radius 1 is 1.07 bits per heavy atom. The molecule has 0 saturated carbocycles. The molecule has 4 fully saturated rings. The second-order valence-electron chi connectivity index (χ2n) is 17.9. The van der Waals surface area contributed by atoms with E-state index < -0.39 is 65.2 Å². The zero-order valence-electron chi connectivity index (χ0n) is 35.6. The topological polar surface area (TPSA) is 120 Å². The van der Waals surface area contributed by atoms with Crippen LogP contribution in [-0.4, -0.2) is 131 Å².